The molecule has 186 valence electrons. The molecule has 10 heteroatoms. The van der Waals surface area contributed by atoms with E-state index in [1.807, 2.05) is 28.9 Å². The Labute approximate surface area is 207 Å². The number of imide groups is 1. The highest BCUT2D eigenvalue weighted by Crippen LogP contribution is 2.33. The molecule has 0 spiro atoms. The van der Waals surface area contributed by atoms with Crippen LogP contribution in [0.5, 0.6) is 0 Å². The van der Waals surface area contributed by atoms with E-state index in [0.29, 0.717) is 29.9 Å². The molecule has 0 aliphatic carbocycles. The Hall–Kier alpha value is -3.79. The number of piperidine rings is 1. The van der Waals surface area contributed by atoms with Crippen molar-refractivity contribution in [2.75, 3.05) is 31.1 Å². The van der Waals surface area contributed by atoms with Crippen LogP contribution in [0.4, 0.5) is 10.1 Å². The number of amides is 3. The van der Waals surface area contributed by atoms with E-state index in [9.17, 15) is 14.4 Å². The summed E-state index contributed by atoms with van der Waals surface area (Å²) in [5, 5.41) is 7.84. The van der Waals surface area contributed by atoms with Gasteiger partial charge in [-0.15, -0.1) is 0 Å². The predicted octanol–water partition coefficient (Wildman–Crippen LogP) is 1.80. The van der Waals surface area contributed by atoms with E-state index >= 15 is 4.39 Å². The highest BCUT2D eigenvalue weighted by Gasteiger charge is 2.40. The number of halogens is 1. The fourth-order valence-electron chi connectivity index (χ4n) is 5.52. The number of carbonyl (C=O) groups is 3. The molecule has 36 heavy (non-hydrogen) atoms. The summed E-state index contributed by atoms with van der Waals surface area (Å²) in [5.41, 5.74) is 3.70. The lowest BCUT2D eigenvalue weighted by Crippen LogP contribution is -2.52. The average molecular weight is 491 g/mol. The van der Waals surface area contributed by atoms with Gasteiger partial charge >= 0.3 is 0 Å². The quantitative estimate of drug-likeness (QED) is 0.561. The van der Waals surface area contributed by atoms with Crippen LogP contribution in [0.2, 0.25) is 0 Å². The molecule has 6 rings (SSSR count). The molecule has 3 aromatic rings. The van der Waals surface area contributed by atoms with Gasteiger partial charge in [-0.2, -0.15) is 5.10 Å². The molecule has 2 saturated heterocycles. The molecule has 1 aromatic heterocycles. The maximum atomic E-state index is 15.1. The van der Waals surface area contributed by atoms with Gasteiger partial charge in [0.1, 0.15) is 11.9 Å². The highest BCUT2D eigenvalue weighted by molar-refractivity contribution is 6.05. The molecule has 3 aliphatic heterocycles. The van der Waals surface area contributed by atoms with E-state index in [4.69, 9.17) is 0 Å². The first kappa shape index (κ1) is 22.7. The molecule has 3 amide bonds. The molecule has 0 bridgehead atoms. The Kier molecular flexibility index (Phi) is 5.48. The average Bonchev–Trinajstić information content (AvgIpc) is 3.37. The number of aryl methyl sites for hydroxylation is 1. The van der Waals surface area contributed by atoms with Crippen molar-refractivity contribution in [3.8, 4) is 0 Å². The second-order valence-corrected chi connectivity index (χ2v) is 9.82. The monoisotopic (exact) mass is 490 g/mol. The van der Waals surface area contributed by atoms with Crippen molar-refractivity contribution in [2.24, 2.45) is 7.05 Å². The highest BCUT2D eigenvalue weighted by atomic mass is 19.1. The summed E-state index contributed by atoms with van der Waals surface area (Å²) < 4.78 is 17.0. The number of nitrogens with one attached hydrogen (secondary N) is 1. The molecule has 1 atom stereocenters. The zero-order valence-corrected chi connectivity index (χ0v) is 20.0. The summed E-state index contributed by atoms with van der Waals surface area (Å²) in [5.74, 6) is -1.58. The van der Waals surface area contributed by atoms with Crippen molar-refractivity contribution in [3.63, 3.8) is 0 Å². The molecule has 0 radical (unpaired) electrons. The number of hydrogen-bond donors (Lipinski definition) is 1. The van der Waals surface area contributed by atoms with Gasteiger partial charge in [-0.1, -0.05) is 6.07 Å². The van der Waals surface area contributed by atoms with Gasteiger partial charge in [0.2, 0.25) is 11.8 Å². The fourth-order valence-corrected chi connectivity index (χ4v) is 5.52. The first-order chi connectivity index (χ1) is 17.4. The van der Waals surface area contributed by atoms with Crippen LogP contribution in [-0.2, 0) is 29.7 Å². The first-order valence-corrected chi connectivity index (χ1v) is 12.2. The molecule has 0 saturated carbocycles. The SMILES string of the molecule is Cn1cc2cc(CN3CCN(c4cc5c(cc4F)C(=O)N(C4CCC(=O)NC4=O)C5)CC3)ccc2n1. The summed E-state index contributed by atoms with van der Waals surface area (Å²) in [7, 11) is 1.92. The van der Waals surface area contributed by atoms with Crippen molar-refractivity contribution in [2.45, 2.75) is 32.0 Å². The van der Waals surface area contributed by atoms with Gasteiger partial charge in [-0.25, -0.2) is 4.39 Å². The Morgan fingerprint density at radius 2 is 1.89 bits per heavy atom. The molecule has 3 aliphatic rings. The van der Waals surface area contributed by atoms with E-state index in [2.05, 4.69) is 27.4 Å². The van der Waals surface area contributed by atoms with Crippen LogP contribution in [0.25, 0.3) is 10.9 Å². The number of anilines is 1. The van der Waals surface area contributed by atoms with Crippen LogP contribution in [0, 0.1) is 5.82 Å². The number of nitrogens with zero attached hydrogens (tertiary/aromatic N) is 5. The Morgan fingerprint density at radius 1 is 1.08 bits per heavy atom. The molecule has 4 heterocycles. The van der Waals surface area contributed by atoms with E-state index in [1.165, 1.54) is 16.5 Å². The van der Waals surface area contributed by atoms with Crippen molar-refractivity contribution in [1.29, 1.82) is 0 Å². The molecule has 9 nitrogen and oxygen atoms in total. The number of carbonyl (C=O) groups excluding carboxylic acids is 3. The Morgan fingerprint density at radius 3 is 2.67 bits per heavy atom. The van der Waals surface area contributed by atoms with Crippen LogP contribution in [0.3, 0.4) is 0 Å². The number of piperazine rings is 1. The summed E-state index contributed by atoms with van der Waals surface area (Å²) in [4.78, 5) is 42.5. The summed E-state index contributed by atoms with van der Waals surface area (Å²) in [6.07, 6.45) is 2.49. The number of hydrogen-bond acceptors (Lipinski definition) is 6. The van der Waals surface area contributed by atoms with Crippen LogP contribution in [-0.4, -0.2) is 69.5 Å². The fraction of sp³-hybridized carbons (Fsp3) is 0.385. The Bertz CT molecular complexity index is 1390. The van der Waals surface area contributed by atoms with Crippen LogP contribution in [0.1, 0.15) is 34.3 Å². The van der Waals surface area contributed by atoms with Gasteiger partial charge in [-0.05, 0) is 41.8 Å². The number of fused-ring (bicyclic) bond motifs is 2. The minimum atomic E-state index is -0.705. The van der Waals surface area contributed by atoms with Crippen molar-refractivity contribution >= 4 is 34.3 Å². The summed E-state index contributed by atoms with van der Waals surface area (Å²) >= 11 is 0. The number of aromatic nitrogens is 2. The third kappa shape index (κ3) is 4.01. The lowest BCUT2D eigenvalue weighted by molar-refractivity contribution is -0.136. The van der Waals surface area contributed by atoms with Gasteiger partial charge in [0, 0.05) is 69.9 Å². The molecule has 1 unspecified atom stereocenters. The lowest BCUT2D eigenvalue weighted by atomic mass is 10.0. The number of benzene rings is 2. The van der Waals surface area contributed by atoms with E-state index in [-0.39, 0.29) is 31.2 Å². The van der Waals surface area contributed by atoms with Crippen LogP contribution in [0.15, 0.2) is 36.5 Å². The molecular weight excluding hydrogens is 463 g/mol. The third-order valence-corrected chi connectivity index (χ3v) is 7.39. The minimum absolute atomic E-state index is 0.191. The van der Waals surface area contributed by atoms with Gasteiger partial charge < -0.3 is 9.80 Å². The molecule has 2 fully saturated rings. The zero-order chi connectivity index (χ0) is 25.0. The maximum absolute atomic E-state index is 15.1. The van der Waals surface area contributed by atoms with Gasteiger partial charge in [-0.3, -0.25) is 29.3 Å². The van der Waals surface area contributed by atoms with Gasteiger partial charge in [0.05, 0.1) is 11.2 Å². The van der Waals surface area contributed by atoms with Gasteiger partial charge in [0.25, 0.3) is 5.91 Å². The van der Waals surface area contributed by atoms with Crippen molar-refractivity contribution < 1.29 is 18.8 Å². The van der Waals surface area contributed by atoms with E-state index in [0.717, 1.165) is 30.5 Å². The first-order valence-electron chi connectivity index (χ1n) is 12.2. The minimum Gasteiger partial charge on any atom is -0.367 e. The summed E-state index contributed by atoms with van der Waals surface area (Å²) in [6, 6.07) is 8.66. The van der Waals surface area contributed by atoms with Crippen molar-refractivity contribution in [1.82, 2.24) is 24.9 Å². The normalized spacial score (nSPS) is 20.8. The van der Waals surface area contributed by atoms with Crippen LogP contribution < -0.4 is 10.2 Å². The standard InChI is InChI=1S/C26H27FN6O3/c1-30-14-18-10-16(2-3-21(18)29-30)13-31-6-8-32(9-7-31)23-11-17-15-33(26(36)19(17)12-20(23)27)22-4-5-24(34)28-25(22)35/h2-3,10-12,14,22H,4-9,13,15H2,1H3,(H,28,34,35). The second-order valence-electron chi connectivity index (χ2n) is 9.82. The molecule has 1 N–H and O–H groups in total. The van der Waals surface area contributed by atoms with Gasteiger partial charge in [0.15, 0.2) is 0 Å². The van der Waals surface area contributed by atoms with E-state index < -0.39 is 17.8 Å². The maximum Gasteiger partial charge on any atom is 0.255 e. The smallest absolute Gasteiger partial charge is 0.255 e. The number of rotatable bonds is 4. The van der Waals surface area contributed by atoms with E-state index in [1.54, 1.807) is 6.07 Å². The third-order valence-electron chi connectivity index (χ3n) is 7.39. The zero-order valence-electron chi connectivity index (χ0n) is 20.0. The largest absolute Gasteiger partial charge is 0.367 e. The summed E-state index contributed by atoms with van der Waals surface area (Å²) in [6.45, 7) is 4.00. The predicted molar refractivity (Wildman–Crippen MR) is 131 cm³/mol. The second kappa shape index (κ2) is 8.70. The van der Waals surface area contributed by atoms with Crippen LogP contribution >= 0.6 is 0 Å². The Balaban J connectivity index is 1.13. The lowest BCUT2D eigenvalue weighted by Gasteiger charge is -2.36. The van der Waals surface area contributed by atoms with Crippen molar-refractivity contribution in [3.05, 3.63) is 59.0 Å². The molecular formula is C26H27FN6O3. The molecule has 2 aromatic carbocycles. The topological polar surface area (TPSA) is 90.8 Å².